The first-order chi connectivity index (χ1) is 8.81. The molecule has 2 aliphatic rings. The van der Waals surface area contributed by atoms with Crippen LogP contribution in [0.3, 0.4) is 0 Å². The maximum Gasteiger partial charge on any atom is 0.123 e. The summed E-state index contributed by atoms with van der Waals surface area (Å²) >= 11 is 0. The molecule has 0 radical (unpaired) electrons. The van der Waals surface area contributed by atoms with Gasteiger partial charge in [-0.2, -0.15) is 5.10 Å². The third-order valence-electron chi connectivity index (χ3n) is 4.04. The number of nitrogens with one attached hydrogen (secondary N) is 2. The molecule has 18 heavy (non-hydrogen) atoms. The number of fused-ring (bicyclic) bond motifs is 4. The molecular formula is C14H14FN3. The Labute approximate surface area is 104 Å². The zero-order valence-corrected chi connectivity index (χ0v) is 9.91. The summed E-state index contributed by atoms with van der Waals surface area (Å²) in [6.45, 7) is 0. The van der Waals surface area contributed by atoms with Gasteiger partial charge in [-0.25, -0.2) is 4.39 Å². The normalized spacial score (nSPS) is 25.2. The average molecular weight is 243 g/mol. The van der Waals surface area contributed by atoms with Gasteiger partial charge in [0.1, 0.15) is 5.82 Å². The predicted molar refractivity (Wildman–Crippen MR) is 66.6 cm³/mol. The maximum atomic E-state index is 13.0. The SMILES string of the molecule is Fc1ccc(-c2n[nH]c3c2[C@@H]2CC[C@H](C3)N2)cc1. The fourth-order valence-corrected chi connectivity index (χ4v) is 3.20. The van der Waals surface area contributed by atoms with E-state index in [-0.39, 0.29) is 5.82 Å². The van der Waals surface area contributed by atoms with Crippen LogP contribution in [0.2, 0.25) is 0 Å². The first-order valence-corrected chi connectivity index (χ1v) is 6.40. The zero-order chi connectivity index (χ0) is 12.1. The van der Waals surface area contributed by atoms with Crippen LogP contribution in [0, 0.1) is 5.82 Å². The molecule has 0 aliphatic carbocycles. The molecule has 0 spiro atoms. The molecule has 1 fully saturated rings. The average Bonchev–Trinajstić information content (AvgIpc) is 2.96. The van der Waals surface area contributed by atoms with Gasteiger partial charge in [-0.05, 0) is 37.1 Å². The standard InChI is InChI=1S/C14H14FN3/c15-9-3-1-8(2-4-9)14-13-11-6-5-10(16-11)7-12(13)17-18-14/h1-4,10-11,16H,5-7H2,(H,17,18)/t10-,11+/m1/s1. The van der Waals surface area contributed by atoms with Crippen molar-refractivity contribution in [1.29, 1.82) is 0 Å². The van der Waals surface area contributed by atoms with Crippen LogP contribution in [0.5, 0.6) is 0 Å². The van der Waals surface area contributed by atoms with Crippen LogP contribution >= 0.6 is 0 Å². The Hall–Kier alpha value is -1.68. The Morgan fingerprint density at radius 3 is 2.83 bits per heavy atom. The molecule has 2 N–H and O–H groups in total. The summed E-state index contributed by atoms with van der Waals surface area (Å²) in [5, 5.41) is 11.2. The molecule has 4 rings (SSSR count). The van der Waals surface area contributed by atoms with E-state index in [1.165, 1.54) is 36.2 Å². The minimum Gasteiger partial charge on any atom is -0.307 e. The van der Waals surface area contributed by atoms with Crippen LogP contribution < -0.4 is 5.32 Å². The fraction of sp³-hybridized carbons (Fsp3) is 0.357. The largest absolute Gasteiger partial charge is 0.307 e. The summed E-state index contributed by atoms with van der Waals surface area (Å²) in [4.78, 5) is 0. The number of aromatic amines is 1. The minimum atomic E-state index is -0.206. The predicted octanol–water partition coefficient (Wildman–Crippen LogP) is 2.56. The first kappa shape index (κ1) is 10.3. The van der Waals surface area contributed by atoms with E-state index in [1.54, 1.807) is 12.1 Å². The molecule has 2 aromatic rings. The van der Waals surface area contributed by atoms with Gasteiger partial charge >= 0.3 is 0 Å². The Balaban J connectivity index is 1.83. The van der Waals surface area contributed by atoms with Crippen LogP contribution in [0.4, 0.5) is 4.39 Å². The lowest BCUT2D eigenvalue weighted by Crippen LogP contribution is -2.31. The van der Waals surface area contributed by atoms with Gasteiger partial charge in [-0.1, -0.05) is 0 Å². The summed E-state index contributed by atoms with van der Waals surface area (Å²) in [5.41, 5.74) is 4.50. The van der Waals surface area contributed by atoms with Crippen molar-refractivity contribution in [2.24, 2.45) is 0 Å². The number of benzene rings is 1. The van der Waals surface area contributed by atoms with Crippen molar-refractivity contribution in [2.75, 3.05) is 0 Å². The molecule has 2 aliphatic heterocycles. The summed E-state index contributed by atoms with van der Waals surface area (Å²) in [7, 11) is 0. The van der Waals surface area contributed by atoms with Gasteiger partial charge in [0.25, 0.3) is 0 Å². The van der Waals surface area contributed by atoms with E-state index in [4.69, 9.17) is 0 Å². The molecule has 4 heteroatoms. The highest BCUT2D eigenvalue weighted by atomic mass is 19.1. The van der Waals surface area contributed by atoms with Crippen molar-refractivity contribution in [1.82, 2.24) is 15.5 Å². The van der Waals surface area contributed by atoms with Crippen molar-refractivity contribution in [3.63, 3.8) is 0 Å². The molecule has 1 aromatic heterocycles. The van der Waals surface area contributed by atoms with E-state index in [0.717, 1.165) is 17.7 Å². The van der Waals surface area contributed by atoms with Gasteiger partial charge in [0.15, 0.2) is 0 Å². The van der Waals surface area contributed by atoms with Gasteiger partial charge in [-0.3, -0.25) is 5.10 Å². The van der Waals surface area contributed by atoms with Crippen molar-refractivity contribution in [3.05, 3.63) is 41.3 Å². The van der Waals surface area contributed by atoms with Crippen LogP contribution in [-0.4, -0.2) is 16.2 Å². The Morgan fingerprint density at radius 1 is 1.17 bits per heavy atom. The number of nitrogens with zero attached hydrogens (tertiary/aromatic N) is 1. The van der Waals surface area contributed by atoms with Crippen LogP contribution in [0.25, 0.3) is 11.3 Å². The molecule has 0 saturated carbocycles. The van der Waals surface area contributed by atoms with Crippen LogP contribution in [-0.2, 0) is 6.42 Å². The van der Waals surface area contributed by atoms with Crippen molar-refractivity contribution >= 4 is 0 Å². The lowest BCUT2D eigenvalue weighted by Gasteiger charge is -2.21. The van der Waals surface area contributed by atoms with Crippen LogP contribution in [0.1, 0.15) is 30.1 Å². The topological polar surface area (TPSA) is 40.7 Å². The Kier molecular flexibility index (Phi) is 2.08. The first-order valence-electron chi connectivity index (χ1n) is 6.40. The monoisotopic (exact) mass is 243 g/mol. The molecule has 1 aromatic carbocycles. The Bertz CT molecular complexity index is 588. The van der Waals surface area contributed by atoms with E-state index in [0.29, 0.717) is 12.1 Å². The summed E-state index contributed by atoms with van der Waals surface area (Å²) in [6.07, 6.45) is 3.43. The number of hydrogen-bond acceptors (Lipinski definition) is 2. The highest BCUT2D eigenvalue weighted by Crippen LogP contribution is 2.39. The number of H-pyrrole nitrogens is 1. The van der Waals surface area contributed by atoms with E-state index in [1.807, 2.05) is 0 Å². The smallest absolute Gasteiger partial charge is 0.123 e. The molecule has 0 amide bonds. The van der Waals surface area contributed by atoms with Gasteiger partial charge in [0.05, 0.1) is 5.69 Å². The molecular weight excluding hydrogens is 229 g/mol. The van der Waals surface area contributed by atoms with E-state index < -0.39 is 0 Å². The molecule has 1 saturated heterocycles. The molecule has 92 valence electrons. The summed E-state index contributed by atoms with van der Waals surface area (Å²) in [6, 6.07) is 7.59. The lowest BCUT2D eigenvalue weighted by molar-refractivity contribution is 0.511. The molecule has 0 unspecified atom stereocenters. The van der Waals surface area contributed by atoms with E-state index in [9.17, 15) is 4.39 Å². The van der Waals surface area contributed by atoms with Gasteiger partial charge < -0.3 is 5.32 Å². The molecule has 2 atom stereocenters. The fourth-order valence-electron chi connectivity index (χ4n) is 3.20. The molecule has 3 heterocycles. The zero-order valence-electron chi connectivity index (χ0n) is 9.91. The molecule has 2 bridgehead atoms. The molecule has 3 nitrogen and oxygen atoms in total. The van der Waals surface area contributed by atoms with Crippen LogP contribution in [0.15, 0.2) is 24.3 Å². The quantitative estimate of drug-likeness (QED) is 0.808. The highest BCUT2D eigenvalue weighted by molar-refractivity contribution is 5.65. The third-order valence-corrected chi connectivity index (χ3v) is 4.04. The van der Waals surface area contributed by atoms with Crippen molar-refractivity contribution < 1.29 is 4.39 Å². The maximum absolute atomic E-state index is 13.0. The second kappa shape index (κ2) is 3.65. The van der Waals surface area contributed by atoms with E-state index >= 15 is 0 Å². The number of aromatic nitrogens is 2. The number of hydrogen-bond donors (Lipinski definition) is 2. The second-order valence-corrected chi connectivity index (χ2v) is 5.17. The highest BCUT2D eigenvalue weighted by Gasteiger charge is 2.35. The van der Waals surface area contributed by atoms with Gasteiger partial charge in [0.2, 0.25) is 0 Å². The van der Waals surface area contributed by atoms with E-state index in [2.05, 4.69) is 15.5 Å². The summed E-state index contributed by atoms with van der Waals surface area (Å²) in [5.74, 6) is -0.206. The Morgan fingerprint density at radius 2 is 2.00 bits per heavy atom. The van der Waals surface area contributed by atoms with Gasteiger partial charge in [0, 0.05) is 35.3 Å². The van der Waals surface area contributed by atoms with Crippen molar-refractivity contribution in [3.8, 4) is 11.3 Å². The number of halogens is 1. The lowest BCUT2D eigenvalue weighted by atomic mass is 9.96. The third kappa shape index (κ3) is 1.42. The van der Waals surface area contributed by atoms with Crippen molar-refractivity contribution in [2.45, 2.75) is 31.3 Å². The number of rotatable bonds is 1. The van der Waals surface area contributed by atoms with Gasteiger partial charge in [-0.15, -0.1) is 0 Å². The second-order valence-electron chi connectivity index (χ2n) is 5.17. The summed E-state index contributed by atoms with van der Waals surface area (Å²) < 4.78 is 13.0. The minimum absolute atomic E-state index is 0.206.